The number of rotatable bonds is 1. The number of H-pyrrole nitrogens is 1. The Bertz CT molecular complexity index is 351. The lowest BCUT2D eigenvalue weighted by molar-refractivity contribution is 0.902. The molecule has 0 fully saturated rings. The Labute approximate surface area is 71.0 Å². The van der Waals surface area contributed by atoms with Crippen LogP contribution in [0, 0.1) is 13.8 Å². The maximum absolute atomic E-state index is 4.12. The molecule has 0 atom stereocenters. The minimum atomic E-state index is 0.954. The van der Waals surface area contributed by atoms with E-state index in [1.165, 1.54) is 11.4 Å². The normalized spacial score (nSPS) is 10.5. The quantitative estimate of drug-likeness (QED) is 0.680. The summed E-state index contributed by atoms with van der Waals surface area (Å²) in [6, 6.07) is 6.13. The Hall–Kier alpha value is -1.51. The van der Waals surface area contributed by atoms with E-state index in [0.717, 1.165) is 5.82 Å². The molecule has 0 saturated carbocycles. The molecule has 0 aliphatic rings. The maximum Gasteiger partial charge on any atom is 0.158 e. The van der Waals surface area contributed by atoms with Gasteiger partial charge in [-0.2, -0.15) is 5.10 Å². The third-order valence-corrected chi connectivity index (χ3v) is 1.99. The summed E-state index contributed by atoms with van der Waals surface area (Å²) >= 11 is 0. The van der Waals surface area contributed by atoms with Gasteiger partial charge in [0.2, 0.25) is 0 Å². The number of nitrogens with one attached hydrogen (secondary N) is 1. The molecule has 2 aromatic rings. The zero-order valence-corrected chi connectivity index (χ0v) is 7.20. The van der Waals surface area contributed by atoms with Gasteiger partial charge >= 0.3 is 0 Å². The van der Waals surface area contributed by atoms with Crippen molar-refractivity contribution in [3.63, 3.8) is 0 Å². The van der Waals surface area contributed by atoms with Gasteiger partial charge in [0, 0.05) is 23.7 Å². The van der Waals surface area contributed by atoms with Gasteiger partial charge in [-0.3, -0.25) is 5.10 Å². The van der Waals surface area contributed by atoms with Crippen LogP contribution in [-0.4, -0.2) is 14.8 Å². The largest absolute Gasteiger partial charge is 0.302 e. The van der Waals surface area contributed by atoms with Crippen LogP contribution < -0.4 is 0 Å². The van der Waals surface area contributed by atoms with E-state index in [9.17, 15) is 0 Å². The predicted octanol–water partition coefficient (Wildman–Crippen LogP) is 1.82. The molecule has 0 aromatic carbocycles. The molecule has 0 aliphatic heterocycles. The number of aromatic nitrogens is 3. The molecule has 2 heterocycles. The average Bonchev–Trinajstić information content (AvgIpc) is 2.61. The fraction of sp³-hybridized carbons (Fsp3) is 0.222. The van der Waals surface area contributed by atoms with E-state index in [2.05, 4.69) is 40.7 Å². The molecule has 2 rings (SSSR count). The van der Waals surface area contributed by atoms with Gasteiger partial charge in [-0.15, -0.1) is 0 Å². The van der Waals surface area contributed by atoms with Crippen molar-refractivity contribution in [1.29, 1.82) is 0 Å². The molecule has 0 unspecified atom stereocenters. The Morgan fingerprint density at radius 3 is 2.33 bits per heavy atom. The summed E-state index contributed by atoms with van der Waals surface area (Å²) in [7, 11) is 0. The van der Waals surface area contributed by atoms with E-state index < -0.39 is 0 Å². The molecule has 0 amide bonds. The van der Waals surface area contributed by atoms with Gasteiger partial charge in [-0.25, -0.2) is 0 Å². The highest BCUT2D eigenvalue weighted by Crippen LogP contribution is 2.12. The molecule has 0 spiro atoms. The Balaban J connectivity index is 2.60. The molecule has 0 aliphatic carbocycles. The maximum atomic E-state index is 4.12. The van der Waals surface area contributed by atoms with E-state index in [-0.39, 0.29) is 0 Å². The van der Waals surface area contributed by atoms with Gasteiger partial charge in [0.25, 0.3) is 0 Å². The van der Waals surface area contributed by atoms with E-state index in [0.29, 0.717) is 0 Å². The van der Waals surface area contributed by atoms with Crippen LogP contribution in [0.5, 0.6) is 0 Å². The number of hydrogen-bond donors (Lipinski definition) is 1. The van der Waals surface area contributed by atoms with Crippen molar-refractivity contribution in [3.8, 4) is 5.82 Å². The third kappa shape index (κ3) is 0.942. The topological polar surface area (TPSA) is 33.6 Å². The molecule has 62 valence electrons. The standard InChI is InChI=1S/C9H11N3/c1-7-3-4-8(2)12(7)9-5-6-10-11-9/h3-6H,1-2H3,(H,10,11). The SMILES string of the molecule is Cc1ccc(C)n1-c1cc[nH]n1. The molecular formula is C9H11N3. The highest BCUT2D eigenvalue weighted by Gasteiger charge is 2.03. The molecular weight excluding hydrogens is 150 g/mol. The second-order valence-corrected chi connectivity index (χ2v) is 2.88. The van der Waals surface area contributed by atoms with Crippen molar-refractivity contribution in [3.05, 3.63) is 35.8 Å². The average molecular weight is 161 g/mol. The van der Waals surface area contributed by atoms with E-state index in [1.807, 2.05) is 12.3 Å². The molecule has 0 saturated heterocycles. The van der Waals surface area contributed by atoms with Crippen molar-refractivity contribution in [2.24, 2.45) is 0 Å². The number of aryl methyl sites for hydroxylation is 2. The summed E-state index contributed by atoms with van der Waals surface area (Å²) in [5, 5.41) is 6.92. The molecule has 1 N–H and O–H groups in total. The van der Waals surface area contributed by atoms with Crippen molar-refractivity contribution in [2.75, 3.05) is 0 Å². The molecule has 3 heteroatoms. The molecule has 12 heavy (non-hydrogen) atoms. The number of aromatic amines is 1. The Morgan fingerprint density at radius 1 is 1.17 bits per heavy atom. The Kier molecular flexibility index (Phi) is 1.50. The summed E-state index contributed by atoms with van der Waals surface area (Å²) in [6.07, 6.45) is 1.83. The van der Waals surface area contributed by atoms with E-state index in [1.54, 1.807) is 0 Å². The number of nitrogens with zero attached hydrogens (tertiary/aromatic N) is 2. The smallest absolute Gasteiger partial charge is 0.158 e. The van der Waals surface area contributed by atoms with Gasteiger partial charge in [0.1, 0.15) is 0 Å². The van der Waals surface area contributed by atoms with Crippen LogP contribution in [0.2, 0.25) is 0 Å². The minimum Gasteiger partial charge on any atom is -0.302 e. The van der Waals surface area contributed by atoms with Crippen molar-refractivity contribution in [1.82, 2.24) is 14.8 Å². The van der Waals surface area contributed by atoms with Crippen LogP contribution in [0.4, 0.5) is 0 Å². The minimum absolute atomic E-state index is 0.954. The summed E-state index contributed by atoms with van der Waals surface area (Å²) in [6.45, 7) is 4.14. The second kappa shape index (κ2) is 2.52. The van der Waals surface area contributed by atoms with Crippen LogP contribution in [0.25, 0.3) is 5.82 Å². The lowest BCUT2D eigenvalue weighted by Crippen LogP contribution is -1.98. The van der Waals surface area contributed by atoms with Crippen LogP contribution in [0.15, 0.2) is 24.4 Å². The summed E-state index contributed by atoms with van der Waals surface area (Å²) in [5.41, 5.74) is 2.42. The van der Waals surface area contributed by atoms with Crippen LogP contribution in [0.3, 0.4) is 0 Å². The molecule has 0 bridgehead atoms. The van der Waals surface area contributed by atoms with Gasteiger partial charge < -0.3 is 4.57 Å². The molecule has 2 aromatic heterocycles. The number of hydrogen-bond acceptors (Lipinski definition) is 1. The van der Waals surface area contributed by atoms with Crippen molar-refractivity contribution >= 4 is 0 Å². The van der Waals surface area contributed by atoms with Crippen molar-refractivity contribution < 1.29 is 0 Å². The summed E-state index contributed by atoms with van der Waals surface area (Å²) in [5.74, 6) is 0.954. The monoisotopic (exact) mass is 161 g/mol. The fourth-order valence-corrected chi connectivity index (χ4v) is 1.41. The first-order valence-corrected chi connectivity index (χ1v) is 3.94. The lowest BCUT2D eigenvalue weighted by Gasteiger charge is -2.03. The summed E-state index contributed by atoms with van der Waals surface area (Å²) < 4.78 is 2.11. The second-order valence-electron chi connectivity index (χ2n) is 2.88. The van der Waals surface area contributed by atoms with Crippen LogP contribution in [-0.2, 0) is 0 Å². The first-order valence-electron chi connectivity index (χ1n) is 3.94. The molecule has 0 radical (unpaired) electrons. The zero-order valence-electron chi connectivity index (χ0n) is 7.20. The predicted molar refractivity (Wildman–Crippen MR) is 47.4 cm³/mol. The van der Waals surface area contributed by atoms with Gasteiger partial charge in [0.15, 0.2) is 5.82 Å². The van der Waals surface area contributed by atoms with Gasteiger partial charge in [-0.05, 0) is 26.0 Å². The Morgan fingerprint density at radius 2 is 1.83 bits per heavy atom. The zero-order chi connectivity index (χ0) is 8.55. The first kappa shape index (κ1) is 7.16. The van der Waals surface area contributed by atoms with Gasteiger partial charge in [-0.1, -0.05) is 0 Å². The van der Waals surface area contributed by atoms with E-state index >= 15 is 0 Å². The van der Waals surface area contributed by atoms with Crippen LogP contribution in [0.1, 0.15) is 11.4 Å². The first-order chi connectivity index (χ1) is 5.79. The van der Waals surface area contributed by atoms with Gasteiger partial charge in [0.05, 0.1) is 0 Å². The highest BCUT2D eigenvalue weighted by atomic mass is 15.2. The lowest BCUT2D eigenvalue weighted by atomic mass is 10.5. The summed E-state index contributed by atoms with van der Waals surface area (Å²) in [4.78, 5) is 0. The van der Waals surface area contributed by atoms with E-state index in [4.69, 9.17) is 0 Å². The molecule has 3 nitrogen and oxygen atoms in total. The van der Waals surface area contributed by atoms with Crippen LogP contribution >= 0.6 is 0 Å². The third-order valence-electron chi connectivity index (χ3n) is 1.99. The fourth-order valence-electron chi connectivity index (χ4n) is 1.41. The highest BCUT2D eigenvalue weighted by molar-refractivity contribution is 5.29. The van der Waals surface area contributed by atoms with Crippen molar-refractivity contribution in [2.45, 2.75) is 13.8 Å².